The first-order valence-corrected chi connectivity index (χ1v) is 6.78. The van der Waals surface area contributed by atoms with Gasteiger partial charge in [0.15, 0.2) is 6.61 Å². The molecule has 0 spiro atoms. The summed E-state index contributed by atoms with van der Waals surface area (Å²) in [5.74, 6) is -0.326. The molecule has 0 fully saturated rings. The van der Waals surface area contributed by atoms with Crippen LogP contribution in [0, 0.1) is 0 Å². The number of carbonyl (C=O) groups is 1. The molecule has 5 nitrogen and oxygen atoms in total. The molecule has 0 aliphatic carbocycles. The molecule has 23 heavy (non-hydrogen) atoms. The zero-order chi connectivity index (χ0) is 17.0. The topological polar surface area (TPSA) is 47.4 Å². The Morgan fingerprint density at radius 3 is 2.70 bits per heavy atom. The molecule has 0 aliphatic heterocycles. The van der Waals surface area contributed by atoms with Gasteiger partial charge in [-0.05, 0) is 24.3 Å². The molecule has 0 radical (unpaired) electrons. The number of alkyl halides is 3. The fourth-order valence-corrected chi connectivity index (χ4v) is 1.97. The Balaban J connectivity index is 2.03. The molecule has 0 bridgehead atoms. The van der Waals surface area contributed by atoms with E-state index in [1.54, 1.807) is 31.0 Å². The fraction of sp³-hybridized carbons (Fsp3) is 0.333. The van der Waals surface area contributed by atoms with Crippen molar-refractivity contribution in [3.63, 3.8) is 0 Å². The van der Waals surface area contributed by atoms with E-state index in [1.165, 1.54) is 29.2 Å². The number of nitrogens with zero attached hydrogens (tertiary/aromatic N) is 3. The molecule has 1 amide bonds. The van der Waals surface area contributed by atoms with Crippen molar-refractivity contribution in [3.05, 3.63) is 47.8 Å². The quantitative estimate of drug-likeness (QED) is 0.848. The number of aromatic nitrogens is 2. The molecule has 8 heteroatoms. The van der Waals surface area contributed by atoms with Gasteiger partial charge in [-0.25, -0.2) is 0 Å². The maximum atomic E-state index is 12.3. The Hall–Kier alpha value is -2.51. The van der Waals surface area contributed by atoms with Crippen molar-refractivity contribution in [1.29, 1.82) is 0 Å². The summed E-state index contributed by atoms with van der Waals surface area (Å²) in [5.41, 5.74) is 0.968. The molecule has 1 heterocycles. The van der Waals surface area contributed by atoms with E-state index in [2.05, 4.69) is 9.84 Å². The first-order valence-electron chi connectivity index (χ1n) is 6.78. The van der Waals surface area contributed by atoms with Crippen molar-refractivity contribution >= 4 is 5.91 Å². The number of halogens is 3. The third-order valence-corrected chi connectivity index (χ3v) is 3.00. The maximum absolute atomic E-state index is 12.3. The molecule has 0 N–H and O–H groups in total. The first kappa shape index (κ1) is 16.9. The van der Waals surface area contributed by atoms with Crippen molar-refractivity contribution in [2.24, 2.45) is 7.05 Å². The molecule has 2 rings (SSSR count). The highest BCUT2D eigenvalue weighted by molar-refractivity contribution is 5.94. The molecule has 0 atom stereocenters. The Bertz CT molecular complexity index is 683. The smallest absolute Gasteiger partial charge is 0.422 e. The predicted molar refractivity (Wildman–Crippen MR) is 77.0 cm³/mol. The average molecular weight is 327 g/mol. The lowest BCUT2D eigenvalue weighted by molar-refractivity contribution is -0.153. The van der Waals surface area contributed by atoms with E-state index in [4.69, 9.17) is 0 Å². The third kappa shape index (κ3) is 5.01. The fourth-order valence-electron chi connectivity index (χ4n) is 1.97. The first-order chi connectivity index (χ1) is 10.7. The van der Waals surface area contributed by atoms with Gasteiger partial charge >= 0.3 is 6.18 Å². The minimum absolute atomic E-state index is 0.000545. The minimum atomic E-state index is -4.42. The number of amides is 1. The second kappa shape index (κ2) is 6.72. The van der Waals surface area contributed by atoms with Crippen LogP contribution in [-0.2, 0) is 13.6 Å². The standard InChI is InChI=1S/C15H16F3N3O2/c1-20(9-12-6-7-21(2)19-12)14(22)11-4-3-5-13(8-11)23-10-15(16,17)18/h3-8H,9-10H2,1-2H3. The molecule has 2 aromatic rings. The largest absolute Gasteiger partial charge is 0.484 e. The monoisotopic (exact) mass is 327 g/mol. The number of hydrogen-bond acceptors (Lipinski definition) is 3. The number of rotatable bonds is 5. The number of ether oxygens (including phenoxy) is 1. The summed E-state index contributed by atoms with van der Waals surface area (Å²) in [6.45, 7) is -1.10. The van der Waals surface area contributed by atoms with Crippen LogP contribution in [0.3, 0.4) is 0 Å². The molecular weight excluding hydrogens is 311 g/mol. The second-order valence-electron chi connectivity index (χ2n) is 5.07. The van der Waals surface area contributed by atoms with E-state index in [9.17, 15) is 18.0 Å². The SMILES string of the molecule is CN(Cc1ccn(C)n1)C(=O)c1cccc(OCC(F)(F)F)c1. The Morgan fingerprint density at radius 2 is 2.09 bits per heavy atom. The maximum Gasteiger partial charge on any atom is 0.422 e. The predicted octanol–water partition coefficient (Wildman–Crippen LogP) is 2.63. The second-order valence-corrected chi connectivity index (χ2v) is 5.07. The van der Waals surface area contributed by atoms with E-state index >= 15 is 0 Å². The molecule has 0 unspecified atom stereocenters. The lowest BCUT2D eigenvalue weighted by atomic mass is 10.2. The highest BCUT2D eigenvalue weighted by Crippen LogP contribution is 2.20. The van der Waals surface area contributed by atoms with Crippen molar-refractivity contribution in [1.82, 2.24) is 14.7 Å². The average Bonchev–Trinajstić information content (AvgIpc) is 2.89. The van der Waals surface area contributed by atoms with Gasteiger partial charge in [0.1, 0.15) is 5.75 Å². The van der Waals surface area contributed by atoms with E-state index in [1.807, 2.05) is 0 Å². The summed E-state index contributed by atoms with van der Waals surface area (Å²) in [5, 5.41) is 4.17. The summed E-state index contributed by atoms with van der Waals surface area (Å²) < 4.78 is 42.8. The molecule has 1 aromatic carbocycles. The van der Waals surface area contributed by atoms with Crippen LogP contribution in [0.25, 0.3) is 0 Å². The van der Waals surface area contributed by atoms with Gasteiger partial charge in [0.25, 0.3) is 5.91 Å². The molecule has 0 saturated heterocycles. The van der Waals surface area contributed by atoms with Crippen LogP contribution < -0.4 is 4.74 Å². The molecule has 124 valence electrons. The Labute approximate surface area is 131 Å². The van der Waals surface area contributed by atoms with Crippen LogP contribution in [0.1, 0.15) is 16.1 Å². The number of benzene rings is 1. The van der Waals surface area contributed by atoms with Gasteiger partial charge in [0.05, 0.1) is 12.2 Å². The van der Waals surface area contributed by atoms with Gasteiger partial charge in [0, 0.05) is 25.9 Å². The van der Waals surface area contributed by atoms with Gasteiger partial charge in [-0.3, -0.25) is 9.48 Å². The van der Waals surface area contributed by atoms with Crippen LogP contribution in [0.2, 0.25) is 0 Å². The van der Waals surface area contributed by atoms with Gasteiger partial charge in [-0.15, -0.1) is 0 Å². The van der Waals surface area contributed by atoms with Crippen molar-refractivity contribution in [3.8, 4) is 5.75 Å². The Morgan fingerprint density at radius 1 is 1.35 bits per heavy atom. The Kier molecular flexibility index (Phi) is 4.92. The van der Waals surface area contributed by atoms with E-state index < -0.39 is 12.8 Å². The van der Waals surface area contributed by atoms with Crippen molar-refractivity contribution in [2.45, 2.75) is 12.7 Å². The molecule has 0 aliphatic rings. The van der Waals surface area contributed by atoms with Crippen LogP contribution in [-0.4, -0.2) is 40.4 Å². The van der Waals surface area contributed by atoms with Gasteiger partial charge in [-0.2, -0.15) is 18.3 Å². The highest BCUT2D eigenvalue weighted by Gasteiger charge is 2.28. The lowest BCUT2D eigenvalue weighted by Gasteiger charge is -2.16. The normalized spacial score (nSPS) is 11.3. The third-order valence-electron chi connectivity index (χ3n) is 3.00. The number of aryl methyl sites for hydroxylation is 1. The number of carbonyl (C=O) groups excluding carboxylic acids is 1. The summed E-state index contributed by atoms with van der Waals surface area (Å²) in [6, 6.07) is 7.46. The molecular formula is C15H16F3N3O2. The lowest BCUT2D eigenvalue weighted by Crippen LogP contribution is -2.26. The van der Waals surface area contributed by atoms with Crippen molar-refractivity contribution in [2.75, 3.05) is 13.7 Å². The summed E-state index contributed by atoms with van der Waals surface area (Å²) in [6.07, 6.45) is -2.66. The van der Waals surface area contributed by atoms with E-state index in [0.717, 1.165) is 0 Å². The molecule has 0 saturated carbocycles. The van der Waals surface area contributed by atoms with Crippen LogP contribution in [0.5, 0.6) is 5.75 Å². The highest BCUT2D eigenvalue weighted by atomic mass is 19.4. The minimum Gasteiger partial charge on any atom is -0.484 e. The van der Waals surface area contributed by atoms with Crippen LogP contribution >= 0.6 is 0 Å². The van der Waals surface area contributed by atoms with Crippen LogP contribution in [0.4, 0.5) is 13.2 Å². The summed E-state index contributed by atoms with van der Waals surface area (Å²) >= 11 is 0. The van der Waals surface area contributed by atoms with Crippen molar-refractivity contribution < 1.29 is 22.7 Å². The van der Waals surface area contributed by atoms with E-state index in [0.29, 0.717) is 12.2 Å². The van der Waals surface area contributed by atoms with E-state index in [-0.39, 0.29) is 17.2 Å². The van der Waals surface area contributed by atoms with Crippen LogP contribution in [0.15, 0.2) is 36.5 Å². The summed E-state index contributed by atoms with van der Waals surface area (Å²) in [4.78, 5) is 13.8. The van der Waals surface area contributed by atoms with Gasteiger partial charge in [0.2, 0.25) is 0 Å². The summed E-state index contributed by atoms with van der Waals surface area (Å²) in [7, 11) is 3.37. The number of hydrogen-bond donors (Lipinski definition) is 0. The zero-order valence-corrected chi connectivity index (χ0v) is 12.7. The van der Waals surface area contributed by atoms with Gasteiger partial charge < -0.3 is 9.64 Å². The zero-order valence-electron chi connectivity index (χ0n) is 12.7. The molecule has 1 aromatic heterocycles. The van der Waals surface area contributed by atoms with Gasteiger partial charge in [-0.1, -0.05) is 6.07 Å².